The van der Waals surface area contributed by atoms with Gasteiger partial charge in [-0.3, -0.25) is 0 Å². The van der Waals surface area contributed by atoms with Crippen LogP contribution in [0.3, 0.4) is 0 Å². The van der Waals surface area contributed by atoms with Crippen molar-refractivity contribution < 1.29 is 5.11 Å². The molecule has 0 amide bonds. The molecule has 2 aliphatic rings. The molecule has 0 aromatic heterocycles. The van der Waals surface area contributed by atoms with Gasteiger partial charge in [-0.15, -0.1) is 0 Å². The summed E-state index contributed by atoms with van der Waals surface area (Å²) in [7, 11) is 0. The lowest BCUT2D eigenvalue weighted by atomic mass is 9.87. The summed E-state index contributed by atoms with van der Waals surface area (Å²) in [6.45, 7) is 0. The third kappa shape index (κ3) is 1.56. The molecule has 1 heteroatoms. The Labute approximate surface area is 74.5 Å². The minimum absolute atomic E-state index is 0.0376. The van der Waals surface area contributed by atoms with E-state index in [4.69, 9.17) is 0 Å². The molecule has 0 heterocycles. The molecule has 0 saturated heterocycles. The Bertz CT molecular complexity index is 174. The van der Waals surface area contributed by atoms with Crippen LogP contribution in [0.4, 0.5) is 0 Å². The molecule has 1 saturated carbocycles. The van der Waals surface area contributed by atoms with Gasteiger partial charge in [0.15, 0.2) is 0 Å². The molecule has 0 aliphatic heterocycles. The van der Waals surface area contributed by atoms with Crippen molar-refractivity contribution in [2.45, 2.75) is 44.6 Å². The average Bonchev–Trinajstić information content (AvgIpc) is 2.31. The molecule has 1 nitrogen and oxygen atoms in total. The molecule has 1 N–H and O–H groups in total. The van der Waals surface area contributed by atoms with Crippen LogP contribution in [0, 0.1) is 11.8 Å². The van der Waals surface area contributed by atoms with Gasteiger partial charge in [0.1, 0.15) is 0 Å². The molecule has 0 aromatic carbocycles. The Morgan fingerprint density at radius 3 is 2.92 bits per heavy atom. The number of rotatable bonds is 0. The van der Waals surface area contributed by atoms with E-state index in [2.05, 4.69) is 12.2 Å². The minimum atomic E-state index is -0.0376. The van der Waals surface area contributed by atoms with E-state index in [0.29, 0.717) is 5.92 Å². The highest BCUT2D eigenvalue weighted by molar-refractivity contribution is 5.00. The summed E-state index contributed by atoms with van der Waals surface area (Å²) in [5, 5.41) is 9.69. The number of hydrogen-bond donors (Lipinski definition) is 1. The second-order valence-corrected chi connectivity index (χ2v) is 4.19. The Hall–Kier alpha value is -0.300. The fourth-order valence-corrected chi connectivity index (χ4v) is 2.63. The first-order valence-electron chi connectivity index (χ1n) is 5.22. The summed E-state index contributed by atoms with van der Waals surface area (Å²) < 4.78 is 0. The van der Waals surface area contributed by atoms with Gasteiger partial charge in [-0.2, -0.15) is 0 Å². The summed E-state index contributed by atoms with van der Waals surface area (Å²) >= 11 is 0. The van der Waals surface area contributed by atoms with Crippen LogP contribution < -0.4 is 0 Å². The first-order chi connectivity index (χ1) is 5.88. The van der Waals surface area contributed by atoms with E-state index in [9.17, 15) is 5.11 Å². The smallest absolute Gasteiger partial charge is 0.0605 e. The van der Waals surface area contributed by atoms with Crippen molar-refractivity contribution in [3.63, 3.8) is 0 Å². The summed E-state index contributed by atoms with van der Waals surface area (Å²) in [4.78, 5) is 0. The zero-order valence-electron chi connectivity index (χ0n) is 7.58. The van der Waals surface area contributed by atoms with Crippen molar-refractivity contribution in [3.05, 3.63) is 12.2 Å². The first kappa shape index (κ1) is 8.31. The van der Waals surface area contributed by atoms with Gasteiger partial charge in [-0.1, -0.05) is 18.6 Å². The fraction of sp³-hybridized carbons (Fsp3) is 0.818. The predicted octanol–water partition coefficient (Wildman–Crippen LogP) is 2.50. The van der Waals surface area contributed by atoms with Gasteiger partial charge in [-0.05, 0) is 38.0 Å². The van der Waals surface area contributed by atoms with Gasteiger partial charge in [0, 0.05) is 5.92 Å². The lowest BCUT2D eigenvalue weighted by Gasteiger charge is -2.20. The Morgan fingerprint density at radius 2 is 2.00 bits per heavy atom. The van der Waals surface area contributed by atoms with E-state index in [-0.39, 0.29) is 6.10 Å². The van der Waals surface area contributed by atoms with Crippen LogP contribution >= 0.6 is 0 Å². The van der Waals surface area contributed by atoms with Crippen LogP contribution in [0.1, 0.15) is 38.5 Å². The third-order valence-electron chi connectivity index (χ3n) is 3.38. The van der Waals surface area contributed by atoms with Crippen LogP contribution in [0.15, 0.2) is 12.2 Å². The Kier molecular flexibility index (Phi) is 2.50. The van der Waals surface area contributed by atoms with Gasteiger partial charge in [0.25, 0.3) is 0 Å². The quantitative estimate of drug-likeness (QED) is 0.548. The van der Waals surface area contributed by atoms with Crippen molar-refractivity contribution in [1.82, 2.24) is 0 Å². The molecule has 0 radical (unpaired) electrons. The molecule has 0 unspecified atom stereocenters. The van der Waals surface area contributed by atoms with Crippen LogP contribution in [0.25, 0.3) is 0 Å². The van der Waals surface area contributed by atoms with E-state index in [0.717, 1.165) is 12.3 Å². The minimum Gasteiger partial charge on any atom is -0.393 e. The van der Waals surface area contributed by atoms with E-state index < -0.39 is 0 Å². The van der Waals surface area contributed by atoms with Crippen molar-refractivity contribution in [2.75, 3.05) is 0 Å². The van der Waals surface area contributed by atoms with Crippen molar-refractivity contribution in [3.8, 4) is 0 Å². The molecule has 1 fully saturated rings. The highest BCUT2D eigenvalue weighted by atomic mass is 16.3. The van der Waals surface area contributed by atoms with Gasteiger partial charge < -0.3 is 5.11 Å². The molecule has 12 heavy (non-hydrogen) atoms. The third-order valence-corrected chi connectivity index (χ3v) is 3.38. The summed E-state index contributed by atoms with van der Waals surface area (Å²) in [5.41, 5.74) is 0. The summed E-state index contributed by atoms with van der Waals surface area (Å²) in [5.74, 6) is 1.28. The first-order valence-corrected chi connectivity index (χ1v) is 5.22. The van der Waals surface area contributed by atoms with Crippen LogP contribution in [-0.2, 0) is 0 Å². The molecular formula is C11H18O. The number of allylic oxidation sites excluding steroid dienone is 1. The van der Waals surface area contributed by atoms with Crippen molar-refractivity contribution in [1.29, 1.82) is 0 Å². The number of aliphatic hydroxyl groups is 1. The Balaban J connectivity index is 2.07. The molecule has 0 spiro atoms. The van der Waals surface area contributed by atoms with E-state index in [1.54, 1.807) is 0 Å². The maximum Gasteiger partial charge on any atom is 0.0605 e. The molecule has 2 rings (SSSR count). The van der Waals surface area contributed by atoms with E-state index in [1.165, 1.54) is 32.1 Å². The van der Waals surface area contributed by atoms with Gasteiger partial charge >= 0.3 is 0 Å². The summed E-state index contributed by atoms with van der Waals surface area (Å²) in [6.07, 6.45) is 12.0. The molecular weight excluding hydrogens is 148 g/mol. The van der Waals surface area contributed by atoms with Crippen LogP contribution in [-0.4, -0.2) is 11.2 Å². The lowest BCUT2D eigenvalue weighted by molar-refractivity contribution is 0.139. The molecule has 68 valence electrons. The van der Waals surface area contributed by atoms with Crippen LogP contribution in [0.5, 0.6) is 0 Å². The molecule has 3 atom stereocenters. The molecule has 2 aliphatic carbocycles. The number of aliphatic hydroxyl groups excluding tert-OH is 1. The average molecular weight is 166 g/mol. The topological polar surface area (TPSA) is 20.2 Å². The largest absolute Gasteiger partial charge is 0.393 e. The number of fused-ring (bicyclic) bond motifs is 1. The van der Waals surface area contributed by atoms with Gasteiger partial charge in [-0.25, -0.2) is 0 Å². The highest BCUT2D eigenvalue weighted by Gasteiger charge is 2.32. The normalized spacial score (nSPS) is 44.6. The van der Waals surface area contributed by atoms with E-state index in [1.807, 2.05) is 0 Å². The predicted molar refractivity (Wildman–Crippen MR) is 49.8 cm³/mol. The maximum atomic E-state index is 9.69. The maximum absolute atomic E-state index is 9.69. The number of hydrogen-bond acceptors (Lipinski definition) is 1. The molecule has 0 aromatic rings. The summed E-state index contributed by atoms with van der Waals surface area (Å²) in [6, 6.07) is 0. The Morgan fingerprint density at radius 1 is 1.08 bits per heavy atom. The zero-order chi connectivity index (χ0) is 8.39. The van der Waals surface area contributed by atoms with Gasteiger partial charge in [0.05, 0.1) is 6.10 Å². The monoisotopic (exact) mass is 166 g/mol. The fourth-order valence-electron chi connectivity index (χ4n) is 2.63. The molecule has 0 bridgehead atoms. The van der Waals surface area contributed by atoms with E-state index >= 15 is 0 Å². The van der Waals surface area contributed by atoms with Gasteiger partial charge in [0.2, 0.25) is 0 Å². The highest BCUT2D eigenvalue weighted by Crippen LogP contribution is 2.37. The lowest BCUT2D eigenvalue weighted by Crippen LogP contribution is -2.17. The second-order valence-electron chi connectivity index (χ2n) is 4.19. The van der Waals surface area contributed by atoms with Crippen LogP contribution in [0.2, 0.25) is 0 Å². The van der Waals surface area contributed by atoms with Crippen molar-refractivity contribution >= 4 is 0 Å². The standard InChI is InChI=1S/C11H18O/c12-11-8-7-9-5-3-1-2-4-6-10(9)11/h4,6,9-12H,1-3,5,7-8H2/b6-4-/t9-,10+,11-/m1/s1. The zero-order valence-corrected chi connectivity index (χ0v) is 7.58. The van der Waals surface area contributed by atoms with Crippen molar-refractivity contribution in [2.24, 2.45) is 11.8 Å². The SMILES string of the molecule is O[C@@H]1CC[C@H]2CCCC/C=C\[C@@H]21. The second kappa shape index (κ2) is 3.61.